The highest BCUT2D eigenvalue weighted by atomic mass is 16.4. The van der Waals surface area contributed by atoms with Crippen molar-refractivity contribution in [3.8, 4) is 5.75 Å². The normalized spacial score (nSPS) is 18.7. The summed E-state index contributed by atoms with van der Waals surface area (Å²) in [5.74, 6) is 0.162. The van der Waals surface area contributed by atoms with E-state index in [0.717, 1.165) is 20.0 Å². The Morgan fingerprint density at radius 2 is 1.94 bits per heavy atom. The molecule has 1 fully saturated rings. The number of hydrogen-bond donors (Lipinski definition) is 3. The second-order valence-electron chi connectivity index (χ2n) is 3.80. The zero-order chi connectivity index (χ0) is 12.0. The van der Waals surface area contributed by atoms with Crippen molar-refractivity contribution in [2.45, 2.75) is 19.3 Å². The largest absolute Gasteiger partial charge is 0.508 e. The SMILES string of the molecule is CC(=O)O.Oc1ccc(C2CCNC2)cc1. The van der Waals surface area contributed by atoms with Gasteiger partial charge in [-0.25, -0.2) is 0 Å². The number of aliphatic carboxylic acids is 1. The predicted molar refractivity (Wildman–Crippen MR) is 61.6 cm³/mol. The molecular weight excluding hydrogens is 206 g/mol. The smallest absolute Gasteiger partial charge is 0.300 e. The Kier molecular flexibility index (Phi) is 4.79. The van der Waals surface area contributed by atoms with Crippen molar-refractivity contribution in [1.29, 1.82) is 0 Å². The van der Waals surface area contributed by atoms with Crippen LogP contribution in [0.4, 0.5) is 0 Å². The van der Waals surface area contributed by atoms with Crippen molar-refractivity contribution in [1.82, 2.24) is 5.32 Å². The number of carbonyl (C=O) groups is 1. The molecule has 0 bridgehead atoms. The van der Waals surface area contributed by atoms with Gasteiger partial charge in [-0.05, 0) is 36.6 Å². The van der Waals surface area contributed by atoms with Crippen LogP contribution in [0, 0.1) is 0 Å². The lowest BCUT2D eigenvalue weighted by Crippen LogP contribution is -2.07. The highest BCUT2D eigenvalue weighted by molar-refractivity contribution is 5.62. The van der Waals surface area contributed by atoms with Crippen LogP contribution in [0.2, 0.25) is 0 Å². The van der Waals surface area contributed by atoms with Crippen molar-refractivity contribution < 1.29 is 15.0 Å². The molecule has 1 aliphatic rings. The highest BCUT2D eigenvalue weighted by Gasteiger charge is 2.15. The molecule has 0 aliphatic carbocycles. The van der Waals surface area contributed by atoms with E-state index in [1.165, 1.54) is 12.0 Å². The lowest BCUT2D eigenvalue weighted by Gasteiger charge is -2.07. The molecule has 4 heteroatoms. The minimum Gasteiger partial charge on any atom is -0.508 e. The van der Waals surface area contributed by atoms with Gasteiger partial charge in [0.1, 0.15) is 5.75 Å². The summed E-state index contributed by atoms with van der Waals surface area (Å²) < 4.78 is 0. The molecule has 1 atom stereocenters. The molecule has 1 aliphatic heterocycles. The van der Waals surface area contributed by atoms with Gasteiger partial charge in [-0.2, -0.15) is 0 Å². The molecule has 0 amide bonds. The number of carboxylic acids is 1. The van der Waals surface area contributed by atoms with E-state index >= 15 is 0 Å². The standard InChI is InChI=1S/C10H13NO.C2H4O2/c12-10-3-1-8(2-4-10)9-5-6-11-7-9;1-2(3)4/h1-4,9,11-12H,5-7H2;1H3,(H,3,4). The summed E-state index contributed by atoms with van der Waals surface area (Å²) in [4.78, 5) is 9.00. The summed E-state index contributed by atoms with van der Waals surface area (Å²) in [5.41, 5.74) is 1.33. The molecule has 1 saturated heterocycles. The first-order chi connectivity index (χ1) is 7.59. The maximum atomic E-state index is 9.08. The monoisotopic (exact) mass is 223 g/mol. The van der Waals surface area contributed by atoms with Crippen LogP contribution in [0.15, 0.2) is 24.3 Å². The minimum atomic E-state index is -0.833. The molecule has 0 saturated carbocycles. The van der Waals surface area contributed by atoms with Gasteiger partial charge >= 0.3 is 0 Å². The lowest BCUT2D eigenvalue weighted by atomic mass is 9.99. The summed E-state index contributed by atoms with van der Waals surface area (Å²) in [6.07, 6.45) is 1.21. The maximum absolute atomic E-state index is 9.08. The molecule has 88 valence electrons. The van der Waals surface area contributed by atoms with Crippen LogP contribution < -0.4 is 5.32 Å². The molecule has 1 unspecified atom stereocenters. The van der Waals surface area contributed by atoms with E-state index in [-0.39, 0.29) is 0 Å². The Labute approximate surface area is 94.9 Å². The third kappa shape index (κ3) is 4.31. The summed E-state index contributed by atoms with van der Waals surface area (Å²) in [7, 11) is 0. The van der Waals surface area contributed by atoms with Gasteiger partial charge in [0.25, 0.3) is 5.97 Å². The van der Waals surface area contributed by atoms with Crippen molar-refractivity contribution in [2.75, 3.05) is 13.1 Å². The molecule has 3 N–H and O–H groups in total. The van der Waals surface area contributed by atoms with Gasteiger partial charge in [0, 0.05) is 13.5 Å². The second kappa shape index (κ2) is 6.12. The molecule has 16 heavy (non-hydrogen) atoms. The zero-order valence-electron chi connectivity index (χ0n) is 9.31. The summed E-state index contributed by atoms with van der Waals surface area (Å²) >= 11 is 0. The first-order valence-electron chi connectivity index (χ1n) is 5.28. The van der Waals surface area contributed by atoms with Gasteiger partial charge in [0.05, 0.1) is 0 Å². The Morgan fingerprint density at radius 3 is 2.38 bits per heavy atom. The lowest BCUT2D eigenvalue weighted by molar-refractivity contribution is -0.134. The van der Waals surface area contributed by atoms with Crippen LogP contribution in [0.1, 0.15) is 24.8 Å². The van der Waals surface area contributed by atoms with Crippen molar-refractivity contribution in [2.24, 2.45) is 0 Å². The van der Waals surface area contributed by atoms with Crippen LogP contribution in [0.3, 0.4) is 0 Å². The van der Waals surface area contributed by atoms with Gasteiger partial charge in [0.2, 0.25) is 0 Å². The maximum Gasteiger partial charge on any atom is 0.300 e. The van der Waals surface area contributed by atoms with E-state index in [2.05, 4.69) is 5.32 Å². The highest BCUT2D eigenvalue weighted by Crippen LogP contribution is 2.23. The fourth-order valence-electron chi connectivity index (χ4n) is 1.69. The average Bonchev–Trinajstić information content (AvgIpc) is 2.71. The fraction of sp³-hybridized carbons (Fsp3) is 0.417. The average molecular weight is 223 g/mol. The van der Waals surface area contributed by atoms with Crippen molar-refractivity contribution in [3.05, 3.63) is 29.8 Å². The fourth-order valence-corrected chi connectivity index (χ4v) is 1.69. The van der Waals surface area contributed by atoms with Gasteiger partial charge in [-0.15, -0.1) is 0 Å². The molecule has 1 heterocycles. The Hall–Kier alpha value is -1.55. The molecule has 0 spiro atoms. The molecule has 2 rings (SSSR count). The number of rotatable bonds is 1. The van der Waals surface area contributed by atoms with Crippen LogP contribution in [0.5, 0.6) is 5.75 Å². The summed E-state index contributed by atoms with van der Waals surface area (Å²) in [6, 6.07) is 7.53. The van der Waals surface area contributed by atoms with E-state index in [1.807, 2.05) is 12.1 Å². The Balaban J connectivity index is 0.000000280. The molecular formula is C12H17NO3. The number of phenolic OH excluding ortho intramolecular Hbond substituents is 1. The summed E-state index contributed by atoms with van der Waals surface area (Å²) in [5, 5.41) is 19.8. The topological polar surface area (TPSA) is 69.6 Å². The Bertz CT molecular complexity index is 325. The van der Waals surface area contributed by atoms with E-state index in [4.69, 9.17) is 15.0 Å². The van der Waals surface area contributed by atoms with Gasteiger partial charge in [-0.3, -0.25) is 4.79 Å². The third-order valence-corrected chi connectivity index (χ3v) is 2.42. The van der Waals surface area contributed by atoms with Crippen LogP contribution in [0.25, 0.3) is 0 Å². The second-order valence-corrected chi connectivity index (χ2v) is 3.80. The van der Waals surface area contributed by atoms with E-state index < -0.39 is 5.97 Å². The number of carboxylic acid groups (broad SMARTS) is 1. The minimum absolute atomic E-state index is 0.352. The Morgan fingerprint density at radius 1 is 1.38 bits per heavy atom. The van der Waals surface area contributed by atoms with Crippen molar-refractivity contribution in [3.63, 3.8) is 0 Å². The van der Waals surface area contributed by atoms with Gasteiger partial charge in [0.15, 0.2) is 0 Å². The molecule has 0 aromatic heterocycles. The third-order valence-electron chi connectivity index (χ3n) is 2.42. The molecule has 1 aromatic rings. The predicted octanol–water partition coefficient (Wildman–Crippen LogP) is 1.56. The number of benzene rings is 1. The zero-order valence-corrected chi connectivity index (χ0v) is 9.31. The van der Waals surface area contributed by atoms with Gasteiger partial charge < -0.3 is 15.5 Å². The summed E-state index contributed by atoms with van der Waals surface area (Å²) in [6.45, 7) is 3.27. The first-order valence-corrected chi connectivity index (χ1v) is 5.28. The molecule has 1 aromatic carbocycles. The number of phenols is 1. The van der Waals surface area contributed by atoms with E-state index in [0.29, 0.717) is 11.7 Å². The quantitative estimate of drug-likeness (QED) is 0.675. The number of nitrogens with one attached hydrogen (secondary N) is 1. The number of hydrogen-bond acceptors (Lipinski definition) is 3. The van der Waals surface area contributed by atoms with Crippen LogP contribution >= 0.6 is 0 Å². The molecule has 0 radical (unpaired) electrons. The van der Waals surface area contributed by atoms with Gasteiger partial charge in [-0.1, -0.05) is 12.1 Å². The van der Waals surface area contributed by atoms with E-state index in [9.17, 15) is 0 Å². The van der Waals surface area contributed by atoms with Crippen molar-refractivity contribution >= 4 is 5.97 Å². The first kappa shape index (κ1) is 12.5. The number of aromatic hydroxyl groups is 1. The van der Waals surface area contributed by atoms with Crippen LogP contribution in [-0.4, -0.2) is 29.3 Å². The molecule has 4 nitrogen and oxygen atoms in total. The van der Waals surface area contributed by atoms with E-state index in [1.54, 1.807) is 12.1 Å². The van der Waals surface area contributed by atoms with Crippen LogP contribution in [-0.2, 0) is 4.79 Å².